The van der Waals surface area contributed by atoms with Crippen molar-refractivity contribution in [2.45, 2.75) is 84.2 Å². The summed E-state index contributed by atoms with van der Waals surface area (Å²) in [5.74, 6) is 0. The van der Waals surface area contributed by atoms with Crippen LogP contribution in [0.1, 0.15) is 78.1 Å². The Hall–Kier alpha value is 0.830. The molecule has 0 heterocycles. The molecule has 0 aliphatic heterocycles. The second kappa shape index (κ2) is 16.7. The standard InChI is InChI=1S/C15H32O5S.Na/c1-3-4-5-6-7-8-9-10-11-12-13-19-14-15(2)20-21(16,17)18;/h15H,3-14H2,1-2H3,(H,16,17,18);/q;+1/p-1. The molecular formula is C15H31NaO5S. The van der Waals surface area contributed by atoms with Crippen LogP contribution in [0.25, 0.3) is 0 Å². The van der Waals surface area contributed by atoms with Gasteiger partial charge in [0.1, 0.15) is 0 Å². The molecule has 0 saturated carbocycles. The predicted octanol–water partition coefficient (Wildman–Crippen LogP) is 0.793. The van der Waals surface area contributed by atoms with Crippen LogP contribution in [0.4, 0.5) is 0 Å². The molecule has 0 aromatic carbocycles. The van der Waals surface area contributed by atoms with Gasteiger partial charge in [-0.3, -0.25) is 4.18 Å². The molecule has 0 aliphatic carbocycles. The summed E-state index contributed by atoms with van der Waals surface area (Å²) in [6, 6.07) is 0. The molecule has 0 radical (unpaired) electrons. The van der Waals surface area contributed by atoms with E-state index in [9.17, 15) is 13.0 Å². The molecular weight excluding hydrogens is 315 g/mol. The molecule has 0 aromatic rings. The van der Waals surface area contributed by atoms with Crippen molar-refractivity contribution < 1.29 is 51.4 Å². The van der Waals surface area contributed by atoms with E-state index in [1.165, 1.54) is 58.3 Å². The minimum absolute atomic E-state index is 0. The molecule has 0 spiro atoms. The molecule has 5 nitrogen and oxygen atoms in total. The van der Waals surface area contributed by atoms with Crippen LogP contribution < -0.4 is 29.6 Å². The van der Waals surface area contributed by atoms with Gasteiger partial charge in [0, 0.05) is 6.61 Å². The molecule has 0 rings (SSSR count). The van der Waals surface area contributed by atoms with E-state index in [1.54, 1.807) is 0 Å². The summed E-state index contributed by atoms with van der Waals surface area (Å²) >= 11 is 0. The van der Waals surface area contributed by atoms with Crippen molar-refractivity contribution in [1.29, 1.82) is 0 Å². The Bertz CT molecular complexity index is 322. The fraction of sp³-hybridized carbons (Fsp3) is 1.00. The second-order valence-corrected chi connectivity index (χ2v) is 6.58. The molecule has 0 bridgehead atoms. The van der Waals surface area contributed by atoms with Crippen molar-refractivity contribution >= 4 is 10.4 Å². The summed E-state index contributed by atoms with van der Waals surface area (Å²) in [4.78, 5) is 0. The van der Waals surface area contributed by atoms with Crippen molar-refractivity contribution in [2.75, 3.05) is 13.2 Å². The van der Waals surface area contributed by atoms with Gasteiger partial charge in [0.05, 0.1) is 12.7 Å². The monoisotopic (exact) mass is 346 g/mol. The van der Waals surface area contributed by atoms with E-state index in [-0.39, 0.29) is 36.2 Å². The minimum atomic E-state index is -4.62. The van der Waals surface area contributed by atoms with Gasteiger partial charge in [-0.15, -0.1) is 0 Å². The van der Waals surface area contributed by atoms with Gasteiger partial charge in [-0.2, -0.15) is 0 Å². The molecule has 7 heteroatoms. The maximum Gasteiger partial charge on any atom is 1.00 e. The first-order chi connectivity index (χ1) is 9.95. The molecule has 0 aromatic heterocycles. The summed E-state index contributed by atoms with van der Waals surface area (Å²) in [6.07, 6.45) is 11.9. The first-order valence-electron chi connectivity index (χ1n) is 8.17. The van der Waals surface area contributed by atoms with E-state index < -0.39 is 16.5 Å². The summed E-state index contributed by atoms with van der Waals surface area (Å²) in [7, 11) is -4.62. The van der Waals surface area contributed by atoms with Gasteiger partial charge in [0.15, 0.2) is 0 Å². The van der Waals surface area contributed by atoms with Crippen LogP contribution >= 0.6 is 0 Å². The maximum atomic E-state index is 10.3. The van der Waals surface area contributed by atoms with E-state index in [4.69, 9.17) is 4.74 Å². The summed E-state index contributed by atoms with van der Waals surface area (Å²) in [5, 5.41) is 0. The van der Waals surface area contributed by atoms with Crippen LogP contribution in [-0.4, -0.2) is 32.3 Å². The quantitative estimate of drug-likeness (QED) is 0.190. The van der Waals surface area contributed by atoms with Gasteiger partial charge in [0.2, 0.25) is 10.4 Å². The minimum Gasteiger partial charge on any atom is -0.726 e. The number of hydrogen-bond donors (Lipinski definition) is 0. The van der Waals surface area contributed by atoms with Crippen LogP contribution in [0.3, 0.4) is 0 Å². The smallest absolute Gasteiger partial charge is 0.726 e. The van der Waals surface area contributed by atoms with Gasteiger partial charge in [-0.25, -0.2) is 8.42 Å². The van der Waals surface area contributed by atoms with Crippen LogP contribution in [-0.2, 0) is 19.3 Å². The second-order valence-electron chi connectivity index (χ2n) is 5.57. The largest absolute Gasteiger partial charge is 1.00 e. The average Bonchev–Trinajstić information content (AvgIpc) is 2.38. The van der Waals surface area contributed by atoms with E-state index in [1.807, 2.05) is 0 Å². The number of hydrogen-bond acceptors (Lipinski definition) is 5. The Morgan fingerprint density at radius 2 is 1.36 bits per heavy atom. The summed E-state index contributed by atoms with van der Waals surface area (Å²) in [5.41, 5.74) is 0. The molecule has 22 heavy (non-hydrogen) atoms. The Morgan fingerprint density at radius 3 is 1.82 bits per heavy atom. The van der Waals surface area contributed by atoms with E-state index in [2.05, 4.69) is 11.1 Å². The molecule has 1 atom stereocenters. The topological polar surface area (TPSA) is 75.7 Å². The number of ether oxygens (including phenoxy) is 1. The third-order valence-corrected chi connectivity index (χ3v) is 3.84. The van der Waals surface area contributed by atoms with Crippen molar-refractivity contribution in [3.05, 3.63) is 0 Å². The van der Waals surface area contributed by atoms with Gasteiger partial charge < -0.3 is 9.29 Å². The third-order valence-electron chi connectivity index (χ3n) is 3.28. The number of rotatable bonds is 15. The summed E-state index contributed by atoms with van der Waals surface area (Å²) < 4.78 is 40.5. The molecule has 0 fully saturated rings. The zero-order valence-corrected chi connectivity index (χ0v) is 17.3. The number of unbranched alkanes of at least 4 members (excludes halogenated alkanes) is 9. The molecule has 0 N–H and O–H groups in total. The van der Waals surface area contributed by atoms with E-state index in [0.717, 1.165) is 12.8 Å². The van der Waals surface area contributed by atoms with Crippen molar-refractivity contribution in [3.63, 3.8) is 0 Å². The predicted molar refractivity (Wildman–Crippen MR) is 82.9 cm³/mol. The van der Waals surface area contributed by atoms with Crippen LogP contribution in [0.2, 0.25) is 0 Å². The Labute approximate surface area is 158 Å². The van der Waals surface area contributed by atoms with E-state index in [0.29, 0.717) is 6.61 Å². The SMILES string of the molecule is CCCCCCCCCCCCOCC(C)OS(=O)(=O)[O-].[Na+]. The van der Waals surface area contributed by atoms with Gasteiger partial charge in [-0.1, -0.05) is 64.7 Å². The van der Waals surface area contributed by atoms with Crippen LogP contribution in [0, 0.1) is 0 Å². The Kier molecular flexibility index (Phi) is 19.0. The average molecular weight is 346 g/mol. The first kappa shape index (κ1) is 25.1. The maximum absolute atomic E-state index is 10.3. The fourth-order valence-corrected chi connectivity index (χ4v) is 2.63. The van der Waals surface area contributed by atoms with Gasteiger partial charge >= 0.3 is 29.6 Å². The van der Waals surface area contributed by atoms with Crippen molar-refractivity contribution in [1.82, 2.24) is 0 Å². The molecule has 0 amide bonds. The Balaban J connectivity index is 0. The van der Waals surface area contributed by atoms with E-state index >= 15 is 0 Å². The zero-order chi connectivity index (χ0) is 16.0. The fourth-order valence-electron chi connectivity index (χ4n) is 2.17. The zero-order valence-electron chi connectivity index (χ0n) is 14.5. The van der Waals surface area contributed by atoms with Crippen LogP contribution in [0.5, 0.6) is 0 Å². The molecule has 128 valence electrons. The summed E-state index contributed by atoms with van der Waals surface area (Å²) in [6.45, 7) is 4.46. The molecule has 0 saturated heterocycles. The third kappa shape index (κ3) is 20.8. The molecule has 1 unspecified atom stereocenters. The van der Waals surface area contributed by atoms with Crippen molar-refractivity contribution in [3.8, 4) is 0 Å². The first-order valence-corrected chi connectivity index (χ1v) is 9.51. The van der Waals surface area contributed by atoms with Crippen LogP contribution in [0.15, 0.2) is 0 Å². The normalized spacial score (nSPS) is 12.9. The molecule has 0 aliphatic rings. The van der Waals surface area contributed by atoms with Crippen molar-refractivity contribution in [2.24, 2.45) is 0 Å². The Morgan fingerprint density at radius 1 is 0.909 bits per heavy atom. The van der Waals surface area contributed by atoms with Gasteiger partial charge in [-0.05, 0) is 13.3 Å². The van der Waals surface area contributed by atoms with Gasteiger partial charge in [0.25, 0.3) is 0 Å².